The molecule has 1 amide bonds. The third kappa shape index (κ3) is 5.17. The van der Waals surface area contributed by atoms with Gasteiger partial charge in [0.1, 0.15) is 9.84 Å². The van der Waals surface area contributed by atoms with Crippen LogP contribution in [0, 0.1) is 0 Å². The largest absolute Gasteiger partial charge is 0.399 e. The molecule has 0 bridgehead atoms. The van der Waals surface area contributed by atoms with E-state index in [0.717, 1.165) is 0 Å². The zero-order valence-electron chi connectivity index (χ0n) is 11.1. The summed E-state index contributed by atoms with van der Waals surface area (Å²) in [5, 5.41) is 5.58. The molecule has 0 aliphatic carbocycles. The van der Waals surface area contributed by atoms with Gasteiger partial charge in [-0.2, -0.15) is 0 Å². The normalized spacial score (nSPS) is 11.1. The number of rotatable bonds is 6. The molecule has 4 N–H and O–H groups in total. The summed E-state index contributed by atoms with van der Waals surface area (Å²) in [6.07, 6.45) is 1.67. The number of nitrogens with two attached hydrogens (primary N) is 1. The van der Waals surface area contributed by atoms with Crippen LogP contribution in [0.15, 0.2) is 18.2 Å². The Labute approximate surface area is 113 Å². The summed E-state index contributed by atoms with van der Waals surface area (Å²) < 4.78 is 22.0. The first-order valence-corrected chi connectivity index (χ1v) is 7.93. The summed E-state index contributed by atoms with van der Waals surface area (Å²) in [5.74, 6) is -0.108. The fourth-order valence-corrected chi connectivity index (χ4v) is 2.27. The number of amides is 1. The van der Waals surface area contributed by atoms with E-state index in [-0.39, 0.29) is 11.7 Å². The van der Waals surface area contributed by atoms with E-state index in [9.17, 15) is 13.2 Å². The van der Waals surface area contributed by atoms with E-state index in [1.54, 1.807) is 25.2 Å². The third-order valence-corrected chi connectivity index (χ3v) is 3.55. The summed E-state index contributed by atoms with van der Waals surface area (Å²) in [6.45, 7) is 0.459. The van der Waals surface area contributed by atoms with Crippen LogP contribution in [0.1, 0.15) is 16.8 Å². The fraction of sp³-hybridized carbons (Fsp3) is 0.417. The number of sulfone groups is 1. The minimum absolute atomic E-state index is 0.109. The van der Waals surface area contributed by atoms with Gasteiger partial charge >= 0.3 is 0 Å². The highest BCUT2D eigenvalue weighted by molar-refractivity contribution is 7.90. The van der Waals surface area contributed by atoms with E-state index in [2.05, 4.69) is 10.6 Å². The number of hydrogen-bond acceptors (Lipinski definition) is 5. The minimum Gasteiger partial charge on any atom is -0.399 e. The minimum atomic E-state index is -2.96. The van der Waals surface area contributed by atoms with E-state index in [0.29, 0.717) is 29.9 Å². The maximum absolute atomic E-state index is 11.6. The van der Waals surface area contributed by atoms with Crippen molar-refractivity contribution in [1.82, 2.24) is 5.32 Å². The summed E-state index contributed by atoms with van der Waals surface area (Å²) in [4.78, 5) is 11.6. The second-order valence-electron chi connectivity index (χ2n) is 4.29. The van der Waals surface area contributed by atoms with Gasteiger partial charge < -0.3 is 16.4 Å². The number of carbonyl (C=O) groups excluding carboxylic acids is 1. The lowest BCUT2D eigenvalue weighted by Crippen LogP contribution is -2.20. The molecular formula is C12H19N3O3S. The quantitative estimate of drug-likeness (QED) is 0.521. The molecular weight excluding hydrogens is 266 g/mol. The highest BCUT2D eigenvalue weighted by Gasteiger charge is 2.10. The first-order chi connectivity index (χ1) is 8.83. The van der Waals surface area contributed by atoms with Crippen LogP contribution >= 0.6 is 0 Å². The molecule has 1 rings (SSSR count). The van der Waals surface area contributed by atoms with Crippen LogP contribution in [0.4, 0.5) is 11.4 Å². The summed E-state index contributed by atoms with van der Waals surface area (Å²) in [7, 11) is -1.41. The molecule has 0 radical (unpaired) electrons. The van der Waals surface area contributed by atoms with Gasteiger partial charge in [-0.05, 0) is 24.6 Å². The first kappa shape index (κ1) is 15.3. The van der Waals surface area contributed by atoms with Crippen molar-refractivity contribution in [3.05, 3.63) is 23.8 Å². The van der Waals surface area contributed by atoms with Crippen molar-refractivity contribution < 1.29 is 13.2 Å². The highest BCUT2D eigenvalue weighted by Crippen LogP contribution is 2.19. The topological polar surface area (TPSA) is 101 Å². The van der Waals surface area contributed by atoms with E-state index >= 15 is 0 Å². The molecule has 19 heavy (non-hydrogen) atoms. The van der Waals surface area contributed by atoms with Gasteiger partial charge in [0.15, 0.2) is 0 Å². The van der Waals surface area contributed by atoms with Gasteiger partial charge in [0.25, 0.3) is 5.91 Å². The van der Waals surface area contributed by atoms with Gasteiger partial charge in [-0.3, -0.25) is 4.79 Å². The van der Waals surface area contributed by atoms with Crippen LogP contribution in [0.5, 0.6) is 0 Å². The average Bonchev–Trinajstić information content (AvgIpc) is 2.33. The smallest absolute Gasteiger partial charge is 0.253 e. The SMILES string of the molecule is CNC(=O)c1ccc(N)cc1NCCCS(C)(=O)=O. The number of hydrogen-bond donors (Lipinski definition) is 3. The molecule has 0 saturated carbocycles. The van der Waals surface area contributed by atoms with Crippen molar-refractivity contribution >= 4 is 27.1 Å². The van der Waals surface area contributed by atoms with Crippen LogP contribution in [0.25, 0.3) is 0 Å². The van der Waals surface area contributed by atoms with Crippen LogP contribution in [0.2, 0.25) is 0 Å². The Balaban J connectivity index is 2.71. The lowest BCUT2D eigenvalue weighted by atomic mass is 10.1. The summed E-state index contributed by atoms with van der Waals surface area (Å²) in [5.41, 5.74) is 7.30. The Hall–Kier alpha value is -1.76. The molecule has 0 aromatic heterocycles. The molecule has 0 heterocycles. The van der Waals surface area contributed by atoms with Crippen molar-refractivity contribution in [3.63, 3.8) is 0 Å². The first-order valence-electron chi connectivity index (χ1n) is 5.86. The van der Waals surface area contributed by atoms with Gasteiger partial charge in [0, 0.05) is 31.2 Å². The van der Waals surface area contributed by atoms with Crippen molar-refractivity contribution in [2.24, 2.45) is 0 Å². The predicted octanol–water partition coefficient (Wildman–Crippen LogP) is 0.475. The molecule has 0 fully saturated rings. The van der Waals surface area contributed by atoms with Crippen molar-refractivity contribution in [2.45, 2.75) is 6.42 Å². The molecule has 6 nitrogen and oxygen atoms in total. The van der Waals surface area contributed by atoms with Gasteiger partial charge in [-0.25, -0.2) is 8.42 Å². The highest BCUT2D eigenvalue weighted by atomic mass is 32.2. The average molecular weight is 285 g/mol. The number of nitrogen functional groups attached to an aromatic ring is 1. The van der Waals surface area contributed by atoms with Crippen molar-refractivity contribution in [2.75, 3.05) is 36.7 Å². The van der Waals surface area contributed by atoms with Crippen LogP contribution in [0.3, 0.4) is 0 Å². The van der Waals surface area contributed by atoms with Crippen LogP contribution in [-0.2, 0) is 9.84 Å². The molecule has 7 heteroatoms. The lowest BCUT2D eigenvalue weighted by molar-refractivity contribution is 0.0964. The van der Waals surface area contributed by atoms with Gasteiger partial charge in [0.2, 0.25) is 0 Å². The molecule has 0 aliphatic heterocycles. The Morgan fingerprint density at radius 2 is 2.05 bits per heavy atom. The number of benzene rings is 1. The Morgan fingerprint density at radius 3 is 2.63 bits per heavy atom. The van der Waals surface area contributed by atoms with Gasteiger partial charge in [-0.15, -0.1) is 0 Å². The van der Waals surface area contributed by atoms with Crippen molar-refractivity contribution in [1.29, 1.82) is 0 Å². The summed E-state index contributed by atoms with van der Waals surface area (Å²) >= 11 is 0. The third-order valence-electron chi connectivity index (χ3n) is 2.52. The zero-order chi connectivity index (χ0) is 14.5. The standard InChI is InChI=1S/C12H19N3O3S/c1-14-12(16)10-5-4-9(13)8-11(10)15-6-3-7-19(2,17)18/h4-5,8,15H,3,6-7,13H2,1-2H3,(H,14,16). The van der Waals surface area contributed by atoms with Gasteiger partial charge in [-0.1, -0.05) is 0 Å². The van der Waals surface area contributed by atoms with E-state index in [1.807, 2.05) is 0 Å². The van der Waals surface area contributed by atoms with Crippen LogP contribution < -0.4 is 16.4 Å². The molecule has 0 unspecified atom stereocenters. The second-order valence-corrected chi connectivity index (χ2v) is 6.55. The number of carbonyl (C=O) groups is 1. The fourth-order valence-electron chi connectivity index (χ4n) is 1.60. The molecule has 1 aromatic rings. The zero-order valence-corrected chi connectivity index (χ0v) is 11.9. The second kappa shape index (κ2) is 6.42. The molecule has 106 valence electrons. The predicted molar refractivity (Wildman–Crippen MR) is 77.1 cm³/mol. The molecule has 0 spiro atoms. The molecule has 0 saturated heterocycles. The van der Waals surface area contributed by atoms with E-state index in [1.165, 1.54) is 6.26 Å². The molecule has 0 atom stereocenters. The maximum Gasteiger partial charge on any atom is 0.253 e. The number of nitrogens with one attached hydrogen (secondary N) is 2. The summed E-state index contributed by atoms with van der Waals surface area (Å²) in [6, 6.07) is 4.93. The van der Waals surface area contributed by atoms with E-state index in [4.69, 9.17) is 5.73 Å². The Morgan fingerprint density at radius 1 is 1.37 bits per heavy atom. The molecule has 1 aromatic carbocycles. The van der Waals surface area contributed by atoms with E-state index < -0.39 is 9.84 Å². The van der Waals surface area contributed by atoms with Gasteiger partial charge in [0.05, 0.1) is 11.3 Å². The Kier molecular flexibility index (Phi) is 5.17. The van der Waals surface area contributed by atoms with Crippen molar-refractivity contribution in [3.8, 4) is 0 Å². The van der Waals surface area contributed by atoms with Crippen LogP contribution in [-0.4, -0.2) is 39.9 Å². The Bertz CT molecular complexity index is 555. The lowest BCUT2D eigenvalue weighted by Gasteiger charge is -2.11. The maximum atomic E-state index is 11.6. The molecule has 0 aliphatic rings. The monoisotopic (exact) mass is 285 g/mol. The number of anilines is 2.